The van der Waals surface area contributed by atoms with Crippen molar-refractivity contribution in [3.63, 3.8) is 0 Å². The van der Waals surface area contributed by atoms with Crippen LogP contribution in [0.5, 0.6) is 0 Å². The lowest BCUT2D eigenvalue weighted by molar-refractivity contribution is -0.139. The van der Waals surface area contributed by atoms with Gasteiger partial charge in [-0.1, -0.05) is 11.6 Å². The van der Waals surface area contributed by atoms with Gasteiger partial charge in [-0.15, -0.1) is 0 Å². The maximum Gasteiger partial charge on any atom is 0.337 e. The number of piperidine rings is 1. The highest BCUT2D eigenvalue weighted by atomic mass is 35.5. The average Bonchev–Trinajstić information content (AvgIpc) is 3.05. The molecule has 1 aromatic heterocycles. The summed E-state index contributed by atoms with van der Waals surface area (Å²) >= 11 is 6.24. The average molecular weight is 391 g/mol. The molecule has 0 aliphatic carbocycles. The van der Waals surface area contributed by atoms with Crippen LogP contribution < -0.4 is 0 Å². The number of nitrogens with zero attached hydrogens (tertiary/aromatic N) is 1. The third-order valence-corrected chi connectivity index (χ3v) is 6.83. The molecule has 0 spiro atoms. The van der Waals surface area contributed by atoms with Gasteiger partial charge >= 0.3 is 5.97 Å². The number of methoxy groups -OCH3 is 1. The zero-order chi connectivity index (χ0) is 18.7. The summed E-state index contributed by atoms with van der Waals surface area (Å²) in [4.78, 5) is 18.5. The normalized spacial score (nSPS) is 30.0. The topological polar surface area (TPSA) is 54.6 Å². The maximum atomic E-state index is 12.3. The summed E-state index contributed by atoms with van der Waals surface area (Å²) in [7, 11) is 1.44. The van der Waals surface area contributed by atoms with Crippen molar-refractivity contribution in [3.8, 4) is 0 Å². The molecule has 6 heteroatoms. The Bertz CT molecular complexity index is 961. The van der Waals surface area contributed by atoms with Crippen LogP contribution in [0.1, 0.15) is 33.5 Å². The summed E-state index contributed by atoms with van der Waals surface area (Å²) < 4.78 is 10.8. The van der Waals surface area contributed by atoms with Crippen LogP contribution in [0, 0.1) is 11.8 Å². The highest BCUT2D eigenvalue weighted by Crippen LogP contribution is 2.47. The second-order valence-electron chi connectivity index (χ2n) is 7.88. The predicted molar refractivity (Wildman–Crippen MR) is 108 cm³/mol. The van der Waals surface area contributed by atoms with Crippen LogP contribution in [0.25, 0.3) is 10.9 Å². The van der Waals surface area contributed by atoms with Crippen molar-refractivity contribution in [2.24, 2.45) is 11.8 Å². The van der Waals surface area contributed by atoms with E-state index in [9.17, 15) is 4.79 Å². The van der Waals surface area contributed by atoms with E-state index in [2.05, 4.69) is 28.9 Å². The molecule has 0 amide bonds. The third-order valence-electron chi connectivity index (χ3n) is 6.60. The van der Waals surface area contributed by atoms with E-state index in [4.69, 9.17) is 21.1 Å². The SMILES string of the molecule is COC(=O)C1=CO[C@@H](C)[C@H]2CN3CCc4c([nH]c5ccc(Cl)cc45)C3CC12.[HH].[HH]. The van der Waals surface area contributed by atoms with E-state index in [1.165, 1.54) is 23.8 Å². The van der Waals surface area contributed by atoms with Crippen LogP contribution in [-0.2, 0) is 20.7 Å². The summed E-state index contributed by atoms with van der Waals surface area (Å²) in [5, 5.41) is 1.99. The molecule has 3 aliphatic heterocycles. The van der Waals surface area contributed by atoms with E-state index in [0.717, 1.165) is 36.5 Å². The lowest BCUT2D eigenvalue weighted by atomic mass is 9.72. The predicted octanol–water partition coefficient (Wildman–Crippen LogP) is 4.32. The van der Waals surface area contributed by atoms with Gasteiger partial charge in [0.25, 0.3) is 0 Å². The van der Waals surface area contributed by atoms with Crippen LogP contribution >= 0.6 is 11.6 Å². The Kier molecular flexibility index (Phi) is 3.99. The molecule has 1 aromatic carbocycles. The molecule has 2 unspecified atom stereocenters. The van der Waals surface area contributed by atoms with Crippen molar-refractivity contribution in [2.75, 3.05) is 20.2 Å². The molecule has 0 bridgehead atoms. The standard InChI is InChI=1S/C21H23ClN2O3.2H2/c1-11-16-9-24-6-5-13-15-7-12(22)3-4-18(15)23-20(13)19(24)8-14(16)17(10-27-11)21(25)26-2;;/h3-4,7,10-11,14,16,19,23H,5-6,8-9H2,1-2H3;2*1H/t11-,14?,16+,19?;;/m0../s1. The number of hydrogen-bond acceptors (Lipinski definition) is 4. The molecule has 0 saturated carbocycles. The number of aromatic nitrogens is 1. The van der Waals surface area contributed by atoms with Gasteiger partial charge in [-0.3, -0.25) is 4.90 Å². The number of esters is 1. The van der Waals surface area contributed by atoms with Gasteiger partial charge in [0, 0.05) is 49.4 Å². The molecule has 1 fully saturated rings. The van der Waals surface area contributed by atoms with Crippen molar-refractivity contribution in [2.45, 2.75) is 31.9 Å². The Morgan fingerprint density at radius 3 is 3.11 bits per heavy atom. The van der Waals surface area contributed by atoms with Crippen molar-refractivity contribution >= 4 is 28.5 Å². The second kappa shape index (κ2) is 6.28. The number of rotatable bonds is 1. The Labute approximate surface area is 166 Å². The molecule has 146 valence electrons. The van der Waals surface area contributed by atoms with Crippen molar-refractivity contribution in [1.29, 1.82) is 0 Å². The first-order valence-electron chi connectivity index (χ1n) is 9.54. The van der Waals surface area contributed by atoms with Crippen molar-refractivity contribution < 1.29 is 17.1 Å². The fraction of sp³-hybridized carbons (Fsp3) is 0.476. The van der Waals surface area contributed by atoms with Crippen molar-refractivity contribution in [1.82, 2.24) is 9.88 Å². The Hall–Kier alpha value is -1.98. The lowest BCUT2D eigenvalue weighted by Crippen LogP contribution is -2.51. The lowest BCUT2D eigenvalue weighted by Gasteiger charge is -2.49. The highest BCUT2D eigenvalue weighted by Gasteiger charge is 2.46. The van der Waals surface area contributed by atoms with E-state index >= 15 is 0 Å². The molecule has 3 aliphatic rings. The number of nitrogens with one attached hydrogen (secondary N) is 1. The molecule has 0 radical (unpaired) electrons. The number of halogens is 1. The van der Waals surface area contributed by atoms with Gasteiger partial charge in [0.05, 0.1) is 31.1 Å². The Morgan fingerprint density at radius 1 is 1.44 bits per heavy atom. The largest absolute Gasteiger partial charge is 0.497 e. The number of carbonyl (C=O) groups is 1. The minimum atomic E-state index is -0.273. The molecular formula is C21H27ClN2O3. The van der Waals surface area contributed by atoms with Crippen LogP contribution in [0.15, 0.2) is 30.0 Å². The first-order chi connectivity index (χ1) is 13.1. The molecule has 4 heterocycles. The van der Waals surface area contributed by atoms with Crippen LogP contribution in [0.4, 0.5) is 0 Å². The quantitative estimate of drug-likeness (QED) is 0.736. The number of H-pyrrole nitrogens is 1. The summed E-state index contributed by atoms with van der Waals surface area (Å²) in [6.45, 7) is 4.05. The zero-order valence-corrected chi connectivity index (χ0v) is 16.3. The van der Waals surface area contributed by atoms with Crippen molar-refractivity contribution in [3.05, 3.63) is 46.3 Å². The summed E-state index contributed by atoms with van der Waals surface area (Å²) in [6.07, 6.45) is 3.64. The monoisotopic (exact) mass is 390 g/mol. The van der Waals surface area contributed by atoms with E-state index in [1.54, 1.807) is 6.26 Å². The van der Waals surface area contributed by atoms with Gasteiger partial charge in [-0.2, -0.15) is 0 Å². The molecule has 5 rings (SSSR count). The Balaban J connectivity index is 0.00000120. The smallest absolute Gasteiger partial charge is 0.337 e. The van der Waals surface area contributed by atoms with E-state index in [-0.39, 0.29) is 26.9 Å². The first kappa shape index (κ1) is 17.1. The third kappa shape index (κ3) is 2.59. The van der Waals surface area contributed by atoms with Gasteiger partial charge in [-0.05, 0) is 43.5 Å². The van der Waals surface area contributed by atoms with E-state index in [0.29, 0.717) is 11.5 Å². The maximum absolute atomic E-state index is 12.3. The number of aromatic amines is 1. The van der Waals surface area contributed by atoms with Crippen LogP contribution in [-0.4, -0.2) is 42.2 Å². The summed E-state index contributed by atoms with van der Waals surface area (Å²) in [5.74, 6) is 0.189. The number of ether oxygens (including phenoxy) is 2. The molecular weight excluding hydrogens is 364 g/mol. The van der Waals surface area contributed by atoms with Gasteiger partial charge in [0.15, 0.2) is 0 Å². The number of benzene rings is 1. The summed E-state index contributed by atoms with van der Waals surface area (Å²) in [5.41, 5.74) is 4.46. The van der Waals surface area contributed by atoms with Crippen LogP contribution in [0.2, 0.25) is 5.02 Å². The van der Waals surface area contributed by atoms with E-state index in [1.807, 2.05) is 6.07 Å². The highest BCUT2D eigenvalue weighted by molar-refractivity contribution is 6.31. The molecule has 4 atom stereocenters. The van der Waals surface area contributed by atoms with E-state index < -0.39 is 0 Å². The molecule has 1 N–H and O–H groups in total. The Morgan fingerprint density at radius 2 is 2.30 bits per heavy atom. The van der Waals surface area contributed by atoms with Gasteiger partial charge in [0.2, 0.25) is 0 Å². The number of fused-ring (bicyclic) bond motifs is 6. The molecule has 2 aromatic rings. The molecule has 1 saturated heterocycles. The van der Waals surface area contributed by atoms with Gasteiger partial charge in [0.1, 0.15) is 0 Å². The minimum absolute atomic E-state index is 0. The number of hydrogen-bond donors (Lipinski definition) is 1. The molecule has 27 heavy (non-hydrogen) atoms. The summed E-state index contributed by atoms with van der Waals surface area (Å²) in [6, 6.07) is 6.32. The fourth-order valence-electron chi connectivity index (χ4n) is 5.21. The zero-order valence-electron chi connectivity index (χ0n) is 15.5. The second-order valence-corrected chi connectivity index (χ2v) is 8.32. The fourth-order valence-corrected chi connectivity index (χ4v) is 5.38. The molecule has 5 nitrogen and oxygen atoms in total. The van der Waals surface area contributed by atoms with Gasteiger partial charge in [-0.25, -0.2) is 4.79 Å². The number of carbonyl (C=O) groups excluding carboxylic acids is 1. The van der Waals surface area contributed by atoms with Crippen LogP contribution in [0.3, 0.4) is 0 Å². The van der Waals surface area contributed by atoms with Gasteiger partial charge < -0.3 is 14.5 Å². The minimum Gasteiger partial charge on any atom is -0.497 e. The first-order valence-corrected chi connectivity index (χ1v) is 9.92.